The van der Waals surface area contributed by atoms with Crippen LogP contribution in [0.3, 0.4) is 0 Å². The quantitative estimate of drug-likeness (QED) is 0.287. The zero-order valence-electron chi connectivity index (χ0n) is 20.5. The van der Waals surface area contributed by atoms with Gasteiger partial charge < -0.3 is 15.6 Å². The van der Waals surface area contributed by atoms with E-state index >= 15 is 4.39 Å². The molecular weight excluding hydrogens is 534 g/mol. The number of phosphoric ester groups is 1. The number of nitrogens with two attached hydrogens (primary N) is 1. The third kappa shape index (κ3) is 7.19. The number of aliphatic hydroxyl groups is 1. The molecule has 15 heteroatoms. The molecule has 0 saturated carbocycles. The van der Waals surface area contributed by atoms with Crippen LogP contribution in [0, 0.1) is 5.41 Å². The molecule has 3 N–H and O–H groups in total. The normalized spacial score (nSPS) is 24.3. The van der Waals surface area contributed by atoms with E-state index in [1.54, 1.807) is 32.9 Å². The lowest BCUT2D eigenvalue weighted by atomic mass is 10.00. The van der Waals surface area contributed by atoms with Gasteiger partial charge in [-0.1, -0.05) is 32.5 Å². The summed E-state index contributed by atoms with van der Waals surface area (Å²) in [6.07, 6.45) is -2.57. The molecule has 0 aromatic carbocycles. The number of ether oxygens (including phenoxy) is 1. The molecule has 5 atom stereocenters. The third-order valence-electron chi connectivity index (χ3n) is 5.23. The summed E-state index contributed by atoms with van der Waals surface area (Å²) in [7, 11) is -4.07. The number of halogens is 1. The van der Waals surface area contributed by atoms with Gasteiger partial charge in [0.15, 0.2) is 17.1 Å². The lowest BCUT2D eigenvalue weighted by Gasteiger charge is -2.21. The summed E-state index contributed by atoms with van der Waals surface area (Å²) in [5.74, 6) is 1.00. The Morgan fingerprint density at radius 2 is 1.97 bits per heavy atom. The number of nitrogens with zero attached hydrogens (tertiary/aromatic N) is 3. The van der Waals surface area contributed by atoms with Crippen LogP contribution in [-0.4, -0.2) is 80.8 Å². The highest BCUT2D eigenvalue weighted by Gasteiger charge is 2.47. The van der Waals surface area contributed by atoms with E-state index in [1.807, 2.05) is 6.26 Å². The van der Waals surface area contributed by atoms with E-state index in [0.29, 0.717) is 17.0 Å². The first kappa shape index (κ1) is 29.3. The van der Waals surface area contributed by atoms with Gasteiger partial charge in [-0.2, -0.15) is 16.9 Å². The average molecular weight is 567 g/mol. The molecule has 3 rings (SSSR count). The Hall–Kier alpha value is -1.25. The predicted molar refractivity (Wildman–Crippen MR) is 137 cm³/mol. The first-order valence-electron chi connectivity index (χ1n) is 11.2. The molecule has 202 valence electrons. The second-order valence-electron chi connectivity index (χ2n) is 9.02. The van der Waals surface area contributed by atoms with Crippen LogP contribution < -0.4 is 5.73 Å². The molecule has 2 aromatic heterocycles. The Bertz CT molecular complexity index is 1090. The largest absolute Gasteiger partial charge is 0.474 e. The fourth-order valence-electron chi connectivity index (χ4n) is 3.30. The van der Waals surface area contributed by atoms with Gasteiger partial charge in [0.1, 0.15) is 30.2 Å². The Kier molecular flexibility index (Phi) is 10.2. The number of aromatic nitrogens is 3. The maximum atomic E-state index is 15.0. The Labute approximate surface area is 217 Å². The summed E-state index contributed by atoms with van der Waals surface area (Å²) in [4.78, 5) is 16.0. The zero-order chi connectivity index (χ0) is 26.5. The van der Waals surface area contributed by atoms with Crippen LogP contribution in [0.2, 0.25) is 0 Å². The number of carbonyl (C=O) groups excluding carboxylic acids is 1. The van der Waals surface area contributed by atoms with Gasteiger partial charge in [-0.3, -0.25) is 18.4 Å². The van der Waals surface area contributed by atoms with E-state index in [-0.39, 0.29) is 29.9 Å². The Morgan fingerprint density at radius 1 is 1.28 bits per heavy atom. The number of anilines is 1. The van der Waals surface area contributed by atoms with Crippen LogP contribution in [-0.2, 0) is 27.7 Å². The number of aliphatic hydroxyl groups excluding tert-OH is 1. The minimum absolute atomic E-state index is 0.0300. The number of nitrogen functional groups attached to an aromatic ring is 1. The van der Waals surface area contributed by atoms with Crippen molar-refractivity contribution < 1.29 is 37.2 Å². The van der Waals surface area contributed by atoms with E-state index in [4.69, 9.17) is 24.0 Å². The molecule has 0 bridgehead atoms. The van der Waals surface area contributed by atoms with E-state index in [9.17, 15) is 14.5 Å². The molecular formula is C21H32FN4O7PS2. The highest BCUT2D eigenvalue weighted by Crippen LogP contribution is 2.50. The molecule has 3 heterocycles. The van der Waals surface area contributed by atoms with Crippen LogP contribution >= 0.6 is 31.3 Å². The monoisotopic (exact) mass is 566 g/mol. The van der Waals surface area contributed by atoms with E-state index < -0.39 is 44.3 Å². The molecule has 0 radical (unpaired) electrons. The van der Waals surface area contributed by atoms with Gasteiger partial charge in [-0.05, 0) is 18.4 Å². The van der Waals surface area contributed by atoms with Gasteiger partial charge in [-0.15, -0.1) is 0 Å². The smallest absolute Gasteiger partial charge is 0.387 e. The molecule has 5 unspecified atom stereocenters. The zero-order valence-corrected chi connectivity index (χ0v) is 23.1. The Morgan fingerprint density at radius 3 is 2.64 bits per heavy atom. The van der Waals surface area contributed by atoms with Gasteiger partial charge in [0.25, 0.3) is 0 Å². The standard InChI is InChI=1S/C21H32FN4O7PS2/c1-21(2,3)20(28)36-10-8-31-34(29,30-7-9-35-4)32-11-15-17(27)16(22)18(33-15)13-5-6-14-19(23)24-12-25-26(13)14/h5-6,12,15-18,27H,7-11H2,1-4H3,(H2,23,24,25). The summed E-state index contributed by atoms with van der Waals surface area (Å²) < 4.78 is 51.5. The molecule has 0 spiro atoms. The maximum Gasteiger partial charge on any atom is 0.474 e. The van der Waals surface area contributed by atoms with E-state index in [2.05, 4.69) is 10.1 Å². The van der Waals surface area contributed by atoms with Gasteiger partial charge in [-0.25, -0.2) is 18.5 Å². The summed E-state index contributed by atoms with van der Waals surface area (Å²) in [5.41, 5.74) is 6.13. The van der Waals surface area contributed by atoms with Crippen molar-refractivity contribution in [3.05, 3.63) is 24.2 Å². The van der Waals surface area contributed by atoms with Crippen LogP contribution in [0.4, 0.5) is 10.2 Å². The van der Waals surface area contributed by atoms with Crippen molar-refractivity contribution in [2.45, 2.75) is 45.3 Å². The summed E-state index contributed by atoms with van der Waals surface area (Å²) in [5, 5.41) is 14.5. The number of hydrogen-bond donors (Lipinski definition) is 2. The lowest BCUT2D eigenvalue weighted by Crippen LogP contribution is -2.31. The average Bonchev–Trinajstić information content (AvgIpc) is 3.37. The second kappa shape index (κ2) is 12.5. The first-order chi connectivity index (χ1) is 17.0. The van der Waals surface area contributed by atoms with Crippen LogP contribution in [0.5, 0.6) is 0 Å². The van der Waals surface area contributed by atoms with Crippen molar-refractivity contribution in [1.29, 1.82) is 0 Å². The fraction of sp³-hybridized carbons (Fsp3) is 0.667. The number of carbonyl (C=O) groups is 1. The number of rotatable bonds is 12. The minimum Gasteiger partial charge on any atom is -0.387 e. The molecule has 36 heavy (non-hydrogen) atoms. The third-order valence-corrected chi connectivity index (χ3v) is 8.52. The molecule has 1 aliphatic heterocycles. The molecule has 0 amide bonds. The van der Waals surface area contributed by atoms with E-state index in [0.717, 1.165) is 11.8 Å². The fourth-order valence-corrected chi connectivity index (χ4v) is 5.76. The number of thioether (sulfide) groups is 2. The molecule has 1 aliphatic rings. The first-order valence-corrected chi connectivity index (χ1v) is 15.1. The van der Waals surface area contributed by atoms with Crippen molar-refractivity contribution in [3.63, 3.8) is 0 Å². The number of hydrogen-bond acceptors (Lipinski definition) is 12. The minimum atomic E-state index is -4.07. The summed E-state index contributed by atoms with van der Waals surface area (Å²) in [6, 6.07) is 3.21. The maximum absolute atomic E-state index is 15.0. The van der Waals surface area contributed by atoms with Crippen molar-refractivity contribution >= 4 is 47.8 Å². The number of alkyl halides is 1. The van der Waals surface area contributed by atoms with E-state index in [1.165, 1.54) is 22.6 Å². The van der Waals surface area contributed by atoms with Gasteiger partial charge in [0.2, 0.25) is 0 Å². The van der Waals surface area contributed by atoms with Crippen molar-refractivity contribution in [2.24, 2.45) is 5.41 Å². The van der Waals surface area contributed by atoms with Crippen LogP contribution in [0.15, 0.2) is 18.5 Å². The second-order valence-corrected chi connectivity index (χ2v) is 12.7. The van der Waals surface area contributed by atoms with Crippen molar-refractivity contribution in [1.82, 2.24) is 14.6 Å². The summed E-state index contributed by atoms with van der Waals surface area (Å²) >= 11 is 2.54. The Balaban J connectivity index is 1.62. The molecule has 2 aromatic rings. The summed E-state index contributed by atoms with van der Waals surface area (Å²) in [6.45, 7) is 5.00. The number of fused-ring (bicyclic) bond motifs is 1. The van der Waals surface area contributed by atoms with Gasteiger partial charge in [0, 0.05) is 16.9 Å². The molecule has 0 aliphatic carbocycles. The van der Waals surface area contributed by atoms with Crippen molar-refractivity contribution in [2.75, 3.05) is 43.3 Å². The number of phosphoric acid groups is 1. The topological polar surface area (TPSA) is 148 Å². The van der Waals surface area contributed by atoms with Crippen molar-refractivity contribution in [3.8, 4) is 0 Å². The van der Waals surface area contributed by atoms with Crippen LogP contribution in [0.1, 0.15) is 32.6 Å². The predicted octanol–water partition coefficient (Wildman–Crippen LogP) is 3.28. The van der Waals surface area contributed by atoms with Crippen LogP contribution in [0.25, 0.3) is 5.52 Å². The highest BCUT2D eigenvalue weighted by atomic mass is 32.2. The molecule has 1 fully saturated rings. The van der Waals surface area contributed by atoms with Gasteiger partial charge in [0.05, 0.1) is 25.5 Å². The highest BCUT2D eigenvalue weighted by molar-refractivity contribution is 8.13. The molecule has 1 saturated heterocycles. The van der Waals surface area contributed by atoms with Gasteiger partial charge >= 0.3 is 7.82 Å². The lowest BCUT2D eigenvalue weighted by molar-refractivity contribution is -0.117. The molecule has 11 nitrogen and oxygen atoms in total. The SMILES string of the molecule is CSCCOP(=O)(OCCSC(=O)C(C)(C)C)OCC1OC(c2ccc3c(N)ncnn23)C(F)C1O.